The van der Waals surface area contributed by atoms with E-state index >= 15 is 0 Å². The number of hydrogen-bond acceptors (Lipinski definition) is 3. The molecule has 134 valence electrons. The Morgan fingerprint density at radius 2 is 1.92 bits per heavy atom. The fourth-order valence-corrected chi connectivity index (χ4v) is 2.51. The Bertz CT molecular complexity index is 862. The fraction of sp³-hybridized carbons (Fsp3) is 0.158. The first-order valence-electron chi connectivity index (χ1n) is 7.81. The first-order valence-corrected chi connectivity index (χ1v) is 7.81. The lowest BCUT2D eigenvalue weighted by atomic mass is 10.1. The summed E-state index contributed by atoms with van der Waals surface area (Å²) in [4.78, 5) is 18.3. The van der Waals surface area contributed by atoms with E-state index in [1.54, 1.807) is 36.7 Å². The van der Waals surface area contributed by atoms with E-state index in [0.717, 1.165) is 17.7 Å². The Morgan fingerprint density at radius 3 is 2.58 bits per heavy atom. The Hall–Kier alpha value is -3.09. The van der Waals surface area contributed by atoms with Crippen molar-refractivity contribution in [1.82, 2.24) is 9.88 Å². The fourth-order valence-electron chi connectivity index (χ4n) is 2.51. The molecular weight excluding hydrogens is 345 g/mol. The number of amides is 1. The van der Waals surface area contributed by atoms with Crippen LogP contribution >= 0.6 is 0 Å². The molecule has 1 aromatic carbocycles. The lowest BCUT2D eigenvalue weighted by molar-refractivity contribution is -0.137. The number of carbonyl (C=O) groups is 1. The number of halogens is 3. The van der Waals surface area contributed by atoms with Gasteiger partial charge in [-0.15, -0.1) is 0 Å². The van der Waals surface area contributed by atoms with E-state index in [0.29, 0.717) is 5.76 Å². The third-order valence-corrected chi connectivity index (χ3v) is 3.75. The van der Waals surface area contributed by atoms with Crippen molar-refractivity contribution in [2.75, 3.05) is 0 Å². The maximum absolute atomic E-state index is 12.9. The average molecular weight is 360 g/mol. The van der Waals surface area contributed by atoms with Crippen LogP contribution in [0, 0.1) is 0 Å². The van der Waals surface area contributed by atoms with Gasteiger partial charge in [0.25, 0.3) is 5.91 Å². The molecule has 0 bridgehead atoms. The second-order valence-corrected chi connectivity index (χ2v) is 5.68. The Balaban J connectivity index is 1.89. The summed E-state index contributed by atoms with van der Waals surface area (Å²) in [6, 6.07) is 11.3. The largest absolute Gasteiger partial charge is 0.467 e. The molecule has 0 aliphatic carbocycles. The van der Waals surface area contributed by atoms with Gasteiger partial charge in [0.1, 0.15) is 5.76 Å². The van der Waals surface area contributed by atoms with Gasteiger partial charge in [-0.2, -0.15) is 13.2 Å². The Labute approximate surface area is 147 Å². The van der Waals surface area contributed by atoms with E-state index in [2.05, 4.69) is 4.98 Å². The summed E-state index contributed by atoms with van der Waals surface area (Å²) in [6.45, 7) is 0.334. The predicted molar refractivity (Wildman–Crippen MR) is 88.0 cm³/mol. The SMILES string of the molecule is O=C(c1cccc(C(F)(F)F)c1)N(Cc1cccnc1)Cc1ccco1. The highest BCUT2D eigenvalue weighted by atomic mass is 19.4. The van der Waals surface area contributed by atoms with Crippen molar-refractivity contribution in [2.45, 2.75) is 19.3 Å². The van der Waals surface area contributed by atoms with E-state index in [1.807, 2.05) is 0 Å². The van der Waals surface area contributed by atoms with Crippen LogP contribution in [0.4, 0.5) is 13.2 Å². The summed E-state index contributed by atoms with van der Waals surface area (Å²) in [5, 5.41) is 0. The molecule has 0 aliphatic rings. The van der Waals surface area contributed by atoms with Crippen LogP contribution in [0.15, 0.2) is 71.6 Å². The zero-order valence-electron chi connectivity index (χ0n) is 13.6. The summed E-state index contributed by atoms with van der Waals surface area (Å²) in [7, 11) is 0. The number of alkyl halides is 3. The second kappa shape index (κ2) is 7.43. The first kappa shape index (κ1) is 17.7. The predicted octanol–water partition coefficient (Wildman–Crippen LogP) is 4.54. The first-order chi connectivity index (χ1) is 12.4. The molecule has 3 rings (SSSR count). The maximum Gasteiger partial charge on any atom is 0.416 e. The minimum Gasteiger partial charge on any atom is -0.467 e. The highest BCUT2D eigenvalue weighted by Gasteiger charge is 2.31. The Morgan fingerprint density at radius 1 is 1.08 bits per heavy atom. The molecule has 0 atom stereocenters. The van der Waals surface area contributed by atoms with Crippen LogP contribution < -0.4 is 0 Å². The number of nitrogens with zero attached hydrogens (tertiary/aromatic N) is 2. The zero-order chi connectivity index (χ0) is 18.6. The molecule has 1 amide bonds. The molecule has 3 aromatic rings. The van der Waals surface area contributed by atoms with Gasteiger partial charge in [-0.3, -0.25) is 9.78 Å². The van der Waals surface area contributed by atoms with Gasteiger partial charge in [0.2, 0.25) is 0 Å². The molecule has 0 saturated heterocycles. The molecule has 26 heavy (non-hydrogen) atoms. The van der Waals surface area contributed by atoms with E-state index in [1.165, 1.54) is 23.3 Å². The number of hydrogen-bond donors (Lipinski definition) is 0. The summed E-state index contributed by atoms with van der Waals surface area (Å²) in [5.74, 6) is 0.0190. The standard InChI is InChI=1S/C19H15F3N2O2/c20-19(21,22)16-6-1-5-15(10-16)18(25)24(13-17-7-3-9-26-17)12-14-4-2-8-23-11-14/h1-11H,12-13H2. The topological polar surface area (TPSA) is 46.3 Å². The lowest BCUT2D eigenvalue weighted by Gasteiger charge is -2.22. The molecular formula is C19H15F3N2O2. The number of aromatic nitrogens is 1. The van der Waals surface area contributed by atoms with Gasteiger partial charge in [0.15, 0.2) is 0 Å². The molecule has 0 spiro atoms. The monoisotopic (exact) mass is 360 g/mol. The summed E-state index contributed by atoms with van der Waals surface area (Å²) < 4.78 is 44.1. The van der Waals surface area contributed by atoms with E-state index in [4.69, 9.17) is 4.42 Å². The third-order valence-electron chi connectivity index (χ3n) is 3.75. The lowest BCUT2D eigenvalue weighted by Crippen LogP contribution is -2.30. The number of carbonyl (C=O) groups excluding carboxylic acids is 1. The molecule has 2 aromatic heterocycles. The van der Waals surface area contributed by atoms with E-state index < -0.39 is 17.6 Å². The van der Waals surface area contributed by atoms with Crippen LogP contribution in [0.3, 0.4) is 0 Å². The number of furan rings is 1. The van der Waals surface area contributed by atoms with Crippen LogP contribution in [0.25, 0.3) is 0 Å². The number of rotatable bonds is 5. The van der Waals surface area contributed by atoms with Gasteiger partial charge in [0, 0.05) is 24.5 Å². The van der Waals surface area contributed by atoms with Gasteiger partial charge in [-0.25, -0.2) is 0 Å². The van der Waals surface area contributed by atoms with Crippen molar-refractivity contribution in [3.63, 3.8) is 0 Å². The average Bonchev–Trinajstić information content (AvgIpc) is 3.14. The van der Waals surface area contributed by atoms with Crippen LogP contribution in [-0.4, -0.2) is 15.8 Å². The van der Waals surface area contributed by atoms with Crippen LogP contribution in [-0.2, 0) is 19.3 Å². The maximum atomic E-state index is 12.9. The van der Waals surface area contributed by atoms with Crippen molar-refractivity contribution in [3.05, 3.63) is 89.6 Å². The molecule has 0 aliphatic heterocycles. The summed E-state index contributed by atoms with van der Waals surface area (Å²) >= 11 is 0. The number of pyridine rings is 1. The molecule has 2 heterocycles. The smallest absolute Gasteiger partial charge is 0.416 e. The summed E-state index contributed by atoms with van der Waals surface area (Å²) in [5.41, 5.74) is -0.127. The van der Waals surface area contributed by atoms with Crippen molar-refractivity contribution in [3.8, 4) is 0 Å². The minimum absolute atomic E-state index is 0.0322. The van der Waals surface area contributed by atoms with Gasteiger partial charge < -0.3 is 9.32 Å². The van der Waals surface area contributed by atoms with E-state index in [9.17, 15) is 18.0 Å². The molecule has 7 heteroatoms. The molecule has 4 nitrogen and oxygen atoms in total. The molecule has 0 unspecified atom stereocenters. The molecule has 0 fully saturated rings. The second-order valence-electron chi connectivity index (χ2n) is 5.68. The normalized spacial score (nSPS) is 11.3. The van der Waals surface area contributed by atoms with Crippen LogP contribution in [0.2, 0.25) is 0 Å². The number of benzene rings is 1. The minimum atomic E-state index is -4.51. The third kappa shape index (κ3) is 4.30. The van der Waals surface area contributed by atoms with Gasteiger partial charge >= 0.3 is 6.18 Å². The van der Waals surface area contributed by atoms with Crippen molar-refractivity contribution in [1.29, 1.82) is 0 Å². The van der Waals surface area contributed by atoms with Gasteiger partial charge in [0.05, 0.1) is 18.4 Å². The van der Waals surface area contributed by atoms with E-state index in [-0.39, 0.29) is 18.7 Å². The van der Waals surface area contributed by atoms with Gasteiger partial charge in [-0.05, 0) is 42.0 Å². The highest BCUT2D eigenvalue weighted by Crippen LogP contribution is 2.30. The van der Waals surface area contributed by atoms with Gasteiger partial charge in [-0.1, -0.05) is 12.1 Å². The zero-order valence-corrected chi connectivity index (χ0v) is 13.6. The molecule has 0 saturated carbocycles. The summed E-state index contributed by atoms with van der Waals surface area (Å²) in [6.07, 6.45) is 0.182. The molecule has 0 radical (unpaired) electrons. The van der Waals surface area contributed by atoms with Crippen molar-refractivity contribution < 1.29 is 22.4 Å². The Kier molecular flexibility index (Phi) is 5.06. The quantitative estimate of drug-likeness (QED) is 0.671. The highest BCUT2D eigenvalue weighted by molar-refractivity contribution is 5.94. The molecule has 0 N–H and O–H groups in total. The van der Waals surface area contributed by atoms with Crippen molar-refractivity contribution in [2.24, 2.45) is 0 Å². The van der Waals surface area contributed by atoms with Crippen molar-refractivity contribution >= 4 is 5.91 Å². The van der Waals surface area contributed by atoms with Crippen LogP contribution in [0.1, 0.15) is 27.2 Å². The van der Waals surface area contributed by atoms with Crippen LogP contribution in [0.5, 0.6) is 0 Å².